The monoisotopic (exact) mass is 398 g/mol. The molecule has 0 N–H and O–H groups in total. The fourth-order valence-electron chi connectivity index (χ4n) is 4.80. The molecule has 3 heteroatoms. The number of hydrogen-bond donors (Lipinski definition) is 0. The van der Waals surface area contributed by atoms with Crippen LogP contribution in [0.4, 0.5) is 0 Å². The molecule has 3 aromatic carbocycles. The number of benzene rings is 3. The predicted octanol–water partition coefficient (Wildman–Crippen LogP) is 4.45. The Hall–Kier alpha value is -2.44. The van der Waals surface area contributed by atoms with Crippen molar-refractivity contribution >= 4 is 29.7 Å². The lowest BCUT2D eigenvalue weighted by molar-refractivity contribution is 0.276. The Morgan fingerprint density at radius 1 is 0.759 bits per heavy atom. The number of likely N-dealkylation sites (N-methyl/N-ethyl adjacent to an activating group) is 1. The largest absolute Gasteiger partial charge is 0.354 e. The van der Waals surface area contributed by atoms with Crippen molar-refractivity contribution < 1.29 is 0 Å². The zero-order valence-corrected chi connectivity index (χ0v) is 17.8. The van der Waals surface area contributed by atoms with Gasteiger partial charge in [0, 0.05) is 12.6 Å². The second-order valence-corrected chi connectivity index (χ2v) is 10.2. The van der Waals surface area contributed by atoms with Crippen LogP contribution in [0.2, 0.25) is 0 Å². The van der Waals surface area contributed by atoms with E-state index in [1.807, 2.05) is 0 Å². The van der Waals surface area contributed by atoms with E-state index in [1.54, 1.807) is 0 Å². The molecule has 0 saturated heterocycles. The molecule has 2 nitrogen and oxygen atoms in total. The predicted molar refractivity (Wildman–Crippen MR) is 125 cm³/mol. The number of rotatable bonds is 4. The van der Waals surface area contributed by atoms with Gasteiger partial charge in [0.05, 0.1) is 12.1 Å². The first-order valence-corrected chi connectivity index (χ1v) is 12.0. The van der Waals surface area contributed by atoms with Gasteiger partial charge >= 0.3 is 0 Å². The summed E-state index contributed by atoms with van der Waals surface area (Å²) in [7, 11) is 1.62. The van der Waals surface area contributed by atoms with Crippen LogP contribution in [0.1, 0.15) is 31.2 Å². The normalized spacial score (nSPS) is 21.2. The highest BCUT2D eigenvalue weighted by Gasteiger charge is 2.37. The number of amidine groups is 1. The fraction of sp³-hybridized carbons (Fsp3) is 0.269. The molecule has 2 atom stereocenters. The third-order valence-corrected chi connectivity index (χ3v) is 8.73. The van der Waals surface area contributed by atoms with Crippen LogP contribution in [-0.4, -0.2) is 29.9 Å². The molecule has 0 radical (unpaired) electrons. The summed E-state index contributed by atoms with van der Waals surface area (Å²) in [6.07, 6.45) is 5.14. The van der Waals surface area contributed by atoms with Crippen LogP contribution in [0, 0.1) is 0 Å². The molecule has 1 fully saturated rings. The maximum absolute atomic E-state index is 5.24. The van der Waals surface area contributed by atoms with Gasteiger partial charge in [0.25, 0.3) is 0 Å². The lowest BCUT2D eigenvalue weighted by Gasteiger charge is -2.31. The maximum atomic E-state index is 5.24. The second kappa shape index (κ2) is 8.13. The Bertz CT molecular complexity index is 960. The Morgan fingerprint density at radius 3 is 2.00 bits per heavy atom. The lowest BCUT2D eigenvalue weighted by atomic mass is 9.91. The molecular weight excluding hydrogens is 371 g/mol. The molecule has 3 aromatic rings. The Morgan fingerprint density at radius 2 is 1.34 bits per heavy atom. The highest BCUT2D eigenvalue weighted by atomic mass is 31.1. The summed E-state index contributed by atoms with van der Waals surface area (Å²) in [6.45, 7) is 0. The zero-order valence-electron chi connectivity index (χ0n) is 16.9. The maximum Gasteiger partial charge on any atom is 0.131 e. The van der Waals surface area contributed by atoms with Gasteiger partial charge in [0.2, 0.25) is 0 Å². The van der Waals surface area contributed by atoms with Crippen molar-refractivity contribution in [2.24, 2.45) is 4.99 Å². The second-order valence-electron chi connectivity index (χ2n) is 8.01. The van der Waals surface area contributed by atoms with E-state index >= 15 is 0 Å². The van der Waals surface area contributed by atoms with E-state index < -0.39 is 7.92 Å². The molecule has 1 saturated carbocycles. The van der Waals surface area contributed by atoms with Crippen molar-refractivity contribution in [2.75, 3.05) is 7.05 Å². The molecule has 1 heterocycles. The van der Waals surface area contributed by atoms with Crippen molar-refractivity contribution in [2.45, 2.75) is 37.8 Å². The van der Waals surface area contributed by atoms with Gasteiger partial charge in [-0.3, -0.25) is 4.99 Å². The average Bonchev–Trinajstić information content (AvgIpc) is 3.12. The zero-order chi connectivity index (χ0) is 19.6. The minimum Gasteiger partial charge on any atom is -0.354 e. The van der Waals surface area contributed by atoms with E-state index in [1.165, 1.54) is 53.0 Å². The van der Waals surface area contributed by atoms with E-state index in [0.717, 1.165) is 0 Å². The Kier molecular flexibility index (Phi) is 5.21. The van der Waals surface area contributed by atoms with Gasteiger partial charge in [0.1, 0.15) is 5.84 Å². The Balaban J connectivity index is 1.64. The van der Waals surface area contributed by atoms with Crippen LogP contribution in [0.15, 0.2) is 89.9 Å². The molecule has 2 aliphatic rings. The summed E-state index contributed by atoms with van der Waals surface area (Å²) in [5.41, 5.74) is 1.31. The van der Waals surface area contributed by atoms with E-state index in [4.69, 9.17) is 4.99 Å². The van der Waals surface area contributed by atoms with Crippen LogP contribution < -0.4 is 15.9 Å². The number of fused-ring (bicyclic) bond motifs is 1. The van der Waals surface area contributed by atoms with Gasteiger partial charge in [-0.1, -0.05) is 97.8 Å². The van der Waals surface area contributed by atoms with E-state index in [9.17, 15) is 0 Å². The molecular formula is C26H27N2P. The highest BCUT2D eigenvalue weighted by molar-refractivity contribution is 7.80. The van der Waals surface area contributed by atoms with Crippen molar-refractivity contribution in [1.29, 1.82) is 0 Å². The summed E-state index contributed by atoms with van der Waals surface area (Å²) >= 11 is 0. The molecule has 1 aliphatic heterocycles. The van der Waals surface area contributed by atoms with Crippen molar-refractivity contribution in [3.63, 3.8) is 0 Å². The molecule has 0 unspecified atom stereocenters. The summed E-state index contributed by atoms with van der Waals surface area (Å²) in [6, 6.07) is 31.9. The minimum absolute atomic E-state index is 0.469. The standard InChI is InChI=1S/C26H27N2P/c1-28-24-18-10-9-17-23(24)27-26(28)22-16-8-11-19-25(22)29(20-12-4-2-5-13-20)21-14-6-3-7-15-21/h2-8,11-16,19,23-24H,9-10,17-18H2,1H3/t23-,24-/m0/s1. The van der Waals surface area contributed by atoms with Crippen LogP contribution in [-0.2, 0) is 0 Å². The molecule has 0 bridgehead atoms. The van der Waals surface area contributed by atoms with Crippen LogP contribution >= 0.6 is 7.92 Å². The first kappa shape index (κ1) is 18.6. The van der Waals surface area contributed by atoms with Crippen molar-refractivity contribution in [3.05, 3.63) is 90.5 Å². The summed E-state index contributed by atoms with van der Waals surface area (Å²) < 4.78 is 0. The number of nitrogens with zero attached hydrogens (tertiary/aromatic N) is 2. The molecule has 5 rings (SSSR count). The van der Waals surface area contributed by atoms with Crippen molar-refractivity contribution in [3.8, 4) is 0 Å². The van der Waals surface area contributed by atoms with E-state index in [2.05, 4.69) is 96.9 Å². The SMILES string of the molecule is CN1C(c2ccccc2P(c2ccccc2)c2ccccc2)=N[C@H]2CCCC[C@@H]21. The first-order valence-electron chi connectivity index (χ1n) is 10.6. The van der Waals surface area contributed by atoms with Crippen LogP contribution in [0.5, 0.6) is 0 Å². The quantitative estimate of drug-likeness (QED) is 0.593. The Labute approximate surface area is 175 Å². The molecule has 0 spiro atoms. The van der Waals surface area contributed by atoms with E-state index in [-0.39, 0.29) is 0 Å². The van der Waals surface area contributed by atoms with Crippen LogP contribution in [0.25, 0.3) is 0 Å². The topological polar surface area (TPSA) is 15.6 Å². The average molecular weight is 398 g/mol. The highest BCUT2D eigenvalue weighted by Crippen LogP contribution is 2.37. The first-order chi connectivity index (χ1) is 14.3. The van der Waals surface area contributed by atoms with E-state index in [0.29, 0.717) is 12.1 Å². The third kappa shape index (κ3) is 3.51. The summed E-state index contributed by atoms with van der Waals surface area (Å²) in [5.74, 6) is 1.19. The van der Waals surface area contributed by atoms with Gasteiger partial charge in [0.15, 0.2) is 0 Å². The van der Waals surface area contributed by atoms with Crippen molar-refractivity contribution in [1.82, 2.24) is 4.90 Å². The van der Waals surface area contributed by atoms with Crippen LogP contribution in [0.3, 0.4) is 0 Å². The molecule has 0 amide bonds. The number of hydrogen-bond acceptors (Lipinski definition) is 2. The minimum atomic E-state index is -0.631. The third-order valence-electron chi connectivity index (χ3n) is 6.23. The van der Waals surface area contributed by atoms with Gasteiger partial charge in [-0.25, -0.2) is 0 Å². The molecule has 146 valence electrons. The molecule has 29 heavy (non-hydrogen) atoms. The smallest absolute Gasteiger partial charge is 0.131 e. The van der Waals surface area contributed by atoms with Gasteiger partial charge in [-0.2, -0.15) is 0 Å². The molecule has 1 aliphatic carbocycles. The lowest BCUT2D eigenvalue weighted by Crippen LogP contribution is -2.40. The molecule has 0 aromatic heterocycles. The van der Waals surface area contributed by atoms with Gasteiger partial charge < -0.3 is 4.90 Å². The summed E-state index contributed by atoms with van der Waals surface area (Å²) in [5, 5.41) is 4.18. The summed E-state index contributed by atoms with van der Waals surface area (Å²) in [4.78, 5) is 7.71. The van der Waals surface area contributed by atoms with Gasteiger partial charge in [-0.05, 0) is 36.7 Å². The number of aliphatic imine (C=N–C) groups is 1. The fourth-order valence-corrected chi connectivity index (χ4v) is 7.24. The van der Waals surface area contributed by atoms with Gasteiger partial charge in [-0.15, -0.1) is 0 Å².